The summed E-state index contributed by atoms with van der Waals surface area (Å²) in [5.41, 5.74) is 0.900. The molecule has 1 aliphatic rings. The second kappa shape index (κ2) is 12.0. The Morgan fingerprint density at radius 3 is 2.44 bits per heavy atom. The highest BCUT2D eigenvalue weighted by Crippen LogP contribution is 2.25. The summed E-state index contributed by atoms with van der Waals surface area (Å²) in [5, 5.41) is 2.92. The molecular formula is C25H33N3O5S. The number of likely N-dealkylation sites (tertiary alicyclic amines) is 1. The van der Waals surface area contributed by atoms with Crippen molar-refractivity contribution in [3.05, 3.63) is 60.2 Å². The van der Waals surface area contributed by atoms with Crippen LogP contribution < -0.4 is 9.62 Å². The van der Waals surface area contributed by atoms with Gasteiger partial charge < -0.3 is 15.0 Å². The number of carbonyl (C=O) groups excluding carboxylic acids is 2. The Kier molecular flexibility index (Phi) is 9.06. The largest absolute Gasteiger partial charge is 0.385 e. The number of nitrogens with one attached hydrogen (secondary N) is 1. The summed E-state index contributed by atoms with van der Waals surface area (Å²) in [5.74, 6) is -0.335. The lowest BCUT2D eigenvalue weighted by Gasteiger charge is -2.31. The zero-order chi connectivity index (χ0) is 24.6. The Balaban J connectivity index is 1.66. The minimum atomic E-state index is -3.82. The molecule has 184 valence electrons. The van der Waals surface area contributed by atoms with E-state index in [4.69, 9.17) is 4.74 Å². The van der Waals surface area contributed by atoms with Gasteiger partial charge in [0.05, 0.1) is 10.6 Å². The fourth-order valence-corrected chi connectivity index (χ4v) is 5.62. The number of carbonyl (C=O) groups is 2. The van der Waals surface area contributed by atoms with E-state index in [1.807, 2.05) is 6.07 Å². The van der Waals surface area contributed by atoms with Crippen molar-refractivity contribution in [2.75, 3.05) is 44.2 Å². The van der Waals surface area contributed by atoms with Gasteiger partial charge >= 0.3 is 0 Å². The summed E-state index contributed by atoms with van der Waals surface area (Å²) in [6, 6.07) is 15.1. The molecule has 2 aromatic carbocycles. The van der Waals surface area contributed by atoms with Gasteiger partial charge in [-0.15, -0.1) is 0 Å². The van der Waals surface area contributed by atoms with Gasteiger partial charge in [-0.3, -0.25) is 13.9 Å². The maximum absolute atomic E-state index is 13.3. The third-order valence-corrected chi connectivity index (χ3v) is 7.88. The zero-order valence-corrected chi connectivity index (χ0v) is 20.6. The SMILES string of the molecule is CCN(c1ccccc1)S(=O)(=O)c1cccc(C(=O)N2CCC(C(=O)NCCCOC)CC2)c1. The molecule has 0 atom stereocenters. The maximum Gasteiger partial charge on any atom is 0.264 e. The zero-order valence-electron chi connectivity index (χ0n) is 19.8. The van der Waals surface area contributed by atoms with Gasteiger partial charge in [0.15, 0.2) is 0 Å². The van der Waals surface area contributed by atoms with Crippen molar-refractivity contribution in [2.45, 2.75) is 31.1 Å². The van der Waals surface area contributed by atoms with Crippen LogP contribution in [0, 0.1) is 5.92 Å². The molecular weight excluding hydrogens is 454 g/mol. The van der Waals surface area contributed by atoms with Gasteiger partial charge in [-0.25, -0.2) is 8.42 Å². The molecule has 0 radical (unpaired) electrons. The molecule has 2 amide bonds. The molecule has 9 heteroatoms. The molecule has 0 aliphatic carbocycles. The van der Waals surface area contributed by atoms with Gasteiger partial charge in [0.1, 0.15) is 0 Å². The highest BCUT2D eigenvalue weighted by Gasteiger charge is 2.29. The second-order valence-corrected chi connectivity index (χ2v) is 10.1. The molecule has 34 heavy (non-hydrogen) atoms. The number of anilines is 1. The van der Waals surface area contributed by atoms with E-state index < -0.39 is 10.0 Å². The van der Waals surface area contributed by atoms with E-state index >= 15 is 0 Å². The monoisotopic (exact) mass is 487 g/mol. The topological polar surface area (TPSA) is 96.0 Å². The highest BCUT2D eigenvalue weighted by atomic mass is 32.2. The van der Waals surface area contributed by atoms with Crippen LogP contribution in [0.25, 0.3) is 0 Å². The Hall–Kier alpha value is -2.91. The summed E-state index contributed by atoms with van der Waals surface area (Å²) in [6.45, 7) is 4.13. The Morgan fingerprint density at radius 1 is 1.09 bits per heavy atom. The van der Waals surface area contributed by atoms with Crippen molar-refractivity contribution >= 4 is 27.5 Å². The van der Waals surface area contributed by atoms with Crippen LogP contribution in [0.4, 0.5) is 5.69 Å². The van der Waals surface area contributed by atoms with Crippen molar-refractivity contribution in [1.82, 2.24) is 10.2 Å². The molecule has 0 unspecified atom stereocenters. The molecule has 1 saturated heterocycles. The first-order chi connectivity index (χ1) is 16.4. The van der Waals surface area contributed by atoms with E-state index in [0.29, 0.717) is 50.3 Å². The summed E-state index contributed by atoms with van der Waals surface area (Å²) >= 11 is 0. The number of amides is 2. The van der Waals surface area contributed by atoms with Gasteiger partial charge in [-0.2, -0.15) is 0 Å². The van der Waals surface area contributed by atoms with Gasteiger partial charge in [-0.1, -0.05) is 24.3 Å². The van der Waals surface area contributed by atoms with Crippen molar-refractivity contribution < 1.29 is 22.7 Å². The van der Waals surface area contributed by atoms with E-state index in [1.165, 1.54) is 16.4 Å². The molecule has 1 N–H and O–H groups in total. The van der Waals surface area contributed by atoms with Crippen molar-refractivity contribution in [3.8, 4) is 0 Å². The van der Waals surface area contributed by atoms with E-state index in [-0.39, 0.29) is 29.2 Å². The molecule has 1 fully saturated rings. The highest BCUT2D eigenvalue weighted by molar-refractivity contribution is 7.92. The summed E-state index contributed by atoms with van der Waals surface area (Å²) in [6.07, 6.45) is 1.92. The average Bonchev–Trinajstić information content (AvgIpc) is 2.87. The van der Waals surface area contributed by atoms with Gasteiger partial charge in [0, 0.05) is 51.4 Å². The number of hydrogen-bond acceptors (Lipinski definition) is 5. The Morgan fingerprint density at radius 2 is 1.79 bits per heavy atom. The van der Waals surface area contributed by atoms with E-state index in [9.17, 15) is 18.0 Å². The predicted molar refractivity (Wildman–Crippen MR) is 131 cm³/mol. The Bertz CT molecular complexity index is 1070. The molecule has 2 aromatic rings. The lowest BCUT2D eigenvalue weighted by atomic mass is 9.95. The molecule has 0 aromatic heterocycles. The van der Waals surface area contributed by atoms with Crippen LogP contribution >= 0.6 is 0 Å². The number of methoxy groups -OCH3 is 1. The van der Waals surface area contributed by atoms with Gasteiger partial charge in [0.25, 0.3) is 15.9 Å². The fraction of sp³-hybridized carbons (Fsp3) is 0.440. The van der Waals surface area contributed by atoms with Crippen LogP contribution in [0.2, 0.25) is 0 Å². The number of hydrogen-bond donors (Lipinski definition) is 1. The first-order valence-corrected chi connectivity index (χ1v) is 13.1. The van der Waals surface area contributed by atoms with E-state index in [2.05, 4.69) is 5.32 Å². The number of sulfonamides is 1. The van der Waals surface area contributed by atoms with Crippen LogP contribution in [0.5, 0.6) is 0 Å². The second-order valence-electron chi connectivity index (χ2n) is 8.24. The first-order valence-electron chi connectivity index (χ1n) is 11.6. The predicted octanol–water partition coefficient (Wildman–Crippen LogP) is 2.91. The minimum absolute atomic E-state index is 0.0110. The number of piperidine rings is 1. The third-order valence-electron chi connectivity index (χ3n) is 5.98. The summed E-state index contributed by atoms with van der Waals surface area (Å²) in [7, 11) is -2.20. The van der Waals surface area contributed by atoms with E-state index in [0.717, 1.165) is 6.42 Å². The van der Waals surface area contributed by atoms with Crippen molar-refractivity contribution in [1.29, 1.82) is 0 Å². The van der Waals surface area contributed by atoms with Crippen LogP contribution in [0.15, 0.2) is 59.5 Å². The lowest BCUT2D eigenvalue weighted by Crippen LogP contribution is -2.43. The minimum Gasteiger partial charge on any atom is -0.385 e. The van der Waals surface area contributed by atoms with Gasteiger partial charge in [-0.05, 0) is 56.5 Å². The summed E-state index contributed by atoms with van der Waals surface area (Å²) < 4.78 is 32.9. The molecule has 1 heterocycles. The number of ether oxygens (including phenoxy) is 1. The number of rotatable bonds is 10. The lowest BCUT2D eigenvalue weighted by molar-refractivity contribution is -0.126. The Labute approximate surface area is 201 Å². The normalized spacial score (nSPS) is 14.6. The van der Waals surface area contributed by atoms with Gasteiger partial charge in [0.2, 0.25) is 5.91 Å². The number of nitrogens with zero attached hydrogens (tertiary/aromatic N) is 2. The molecule has 3 rings (SSSR count). The third kappa shape index (κ3) is 6.15. The molecule has 1 aliphatic heterocycles. The number of benzene rings is 2. The summed E-state index contributed by atoms with van der Waals surface area (Å²) in [4.78, 5) is 27.2. The molecule has 8 nitrogen and oxygen atoms in total. The maximum atomic E-state index is 13.3. The van der Waals surface area contributed by atoms with Crippen molar-refractivity contribution in [2.24, 2.45) is 5.92 Å². The average molecular weight is 488 g/mol. The fourth-order valence-electron chi connectivity index (χ4n) is 4.10. The molecule has 0 spiro atoms. The molecule has 0 bridgehead atoms. The number of para-hydroxylation sites is 1. The van der Waals surface area contributed by atoms with E-state index in [1.54, 1.807) is 55.3 Å². The standard InChI is InChI=1S/C25H33N3O5S/c1-3-28(22-10-5-4-6-11-22)34(31,32)23-12-7-9-21(19-23)25(30)27-16-13-20(14-17-27)24(29)26-15-8-18-33-2/h4-7,9-12,19-20H,3,8,13-18H2,1-2H3,(H,26,29). The van der Waals surface area contributed by atoms with Crippen LogP contribution in [0.1, 0.15) is 36.5 Å². The van der Waals surface area contributed by atoms with Crippen molar-refractivity contribution in [3.63, 3.8) is 0 Å². The van der Waals surface area contributed by atoms with Crippen LogP contribution in [-0.2, 0) is 19.6 Å². The first kappa shape index (κ1) is 25.7. The smallest absolute Gasteiger partial charge is 0.264 e. The quantitative estimate of drug-likeness (QED) is 0.520. The van der Waals surface area contributed by atoms with Crippen LogP contribution in [-0.4, -0.2) is 65.0 Å². The molecule has 0 saturated carbocycles. The van der Waals surface area contributed by atoms with Crippen LogP contribution in [0.3, 0.4) is 0 Å².